The van der Waals surface area contributed by atoms with Gasteiger partial charge in [-0.05, 0) is 13.0 Å². The molecule has 0 saturated heterocycles. The summed E-state index contributed by atoms with van der Waals surface area (Å²) in [6.07, 6.45) is 2.00. The summed E-state index contributed by atoms with van der Waals surface area (Å²) in [6, 6.07) is 2.29. The molecule has 0 unspecified atom stereocenters. The summed E-state index contributed by atoms with van der Waals surface area (Å²) >= 11 is 0. The molecule has 0 aliphatic carbocycles. The van der Waals surface area contributed by atoms with Crippen molar-refractivity contribution >= 4 is 16.9 Å². The molecule has 0 radical (unpaired) electrons. The number of aromatic amines is 1. The summed E-state index contributed by atoms with van der Waals surface area (Å²) in [5, 5.41) is 0. The normalized spacial score (nSPS) is 19.9. The summed E-state index contributed by atoms with van der Waals surface area (Å²) in [5.74, 6) is 0.775. The Labute approximate surface area is 86.3 Å². The van der Waals surface area contributed by atoms with E-state index in [2.05, 4.69) is 26.4 Å². The number of nitrogens with one attached hydrogen (secondary N) is 1. The fourth-order valence-corrected chi connectivity index (χ4v) is 2.13. The van der Waals surface area contributed by atoms with Gasteiger partial charge in [-0.2, -0.15) is 4.98 Å². The van der Waals surface area contributed by atoms with Crippen molar-refractivity contribution in [3.63, 3.8) is 0 Å². The van der Waals surface area contributed by atoms with Gasteiger partial charge in [-0.1, -0.05) is 0 Å². The standard InChI is InChI=1S/C10H12N4O/c1-6-5-14-4-3-7-8(14)9(13(6)2)12-10(15)11-7/h3-4,6H,5H2,1-2H3,(H,11,12,15)/t6-/m0/s1. The van der Waals surface area contributed by atoms with Crippen LogP contribution in [0.2, 0.25) is 0 Å². The van der Waals surface area contributed by atoms with E-state index in [4.69, 9.17) is 0 Å². The Balaban J connectivity index is 2.45. The van der Waals surface area contributed by atoms with Gasteiger partial charge in [-0.3, -0.25) is 0 Å². The van der Waals surface area contributed by atoms with E-state index >= 15 is 0 Å². The fourth-order valence-electron chi connectivity index (χ4n) is 2.13. The molecule has 1 atom stereocenters. The molecule has 0 amide bonds. The maximum Gasteiger partial charge on any atom is 0.347 e. The van der Waals surface area contributed by atoms with E-state index in [0.29, 0.717) is 6.04 Å². The lowest BCUT2D eigenvalue weighted by molar-refractivity contribution is 0.553. The van der Waals surface area contributed by atoms with Crippen LogP contribution >= 0.6 is 0 Å². The monoisotopic (exact) mass is 204 g/mol. The lowest BCUT2D eigenvalue weighted by Gasteiger charge is -2.31. The van der Waals surface area contributed by atoms with Crippen LogP contribution in [0.4, 0.5) is 5.82 Å². The molecule has 0 aromatic carbocycles. The molecular weight excluding hydrogens is 192 g/mol. The highest BCUT2D eigenvalue weighted by atomic mass is 16.1. The fraction of sp³-hybridized carbons (Fsp3) is 0.400. The van der Waals surface area contributed by atoms with Crippen LogP contribution in [0.25, 0.3) is 11.0 Å². The number of likely N-dealkylation sites (N-methyl/N-ethyl adjacent to an activating group) is 1. The molecule has 0 bridgehead atoms. The summed E-state index contributed by atoms with van der Waals surface area (Å²) in [5.41, 5.74) is 1.61. The number of anilines is 1. The minimum absolute atomic E-state index is 0.281. The first-order valence-corrected chi connectivity index (χ1v) is 4.99. The third kappa shape index (κ3) is 1.03. The zero-order valence-corrected chi connectivity index (χ0v) is 8.69. The van der Waals surface area contributed by atoms with Gasteiger partial charge in [0.25, 0.3) is 0 Å². The second-order valence-electron chi connectivity index (χ2n) is 4.06. The number of H-pyrrole nitrogens is 1. The Hall–Kier alpha value is -1.78. The van der Waals surface area contributed by atoms with Crippen LogP contribution in [-0.4, -0.2) is 27.6 Å². The summed E-state index contributed by atoms with van der Waals surface area (Å²) < 4.78 is 2.14. The van der Waals surface area contributed by atoms with Crippen LogP contribution in [0.1, 0.15) is 6.92 Å². The van der Waals surface area contributed by atoms with E-state index in [1.54, 1.807) is 0 Å². The molecule has 1 N–H and O–H groups in total. The van der Waals surface area contributed by atoms with Crippen molar-refractivity contribution < 1.29 is 0 Å². The van der Waals surface area contributed by atoms with Crippen LogP contribution in [-0.2, 0) is 6.54 Å². The maximum atomic E-state index is 11.3. The molecule has 1 aliphatic heterocycles. The van der Waals surface area contributed by atoms with E-state index in [1.807, 2.05) is 19.3 Å². The average molecular weight is 204 g/mol. The van der Waals surface area contributed by atoms with Crippen LogP contribution < -0.4 is 10.6 Å². The van der Waals surface area contributed by atoms with Crippen molar-refractivity contribution in [2.75, 3.05) is 11.9 Å². The molecule has 0 saturated carbocycles. The minimum Gasteiger partial charge on any atom is -0.353 e. The lowest BCUT2D eigenvalue weighted by atomic mass is 10.2. The number of aromatic nitrogens is 3. The molecule has 3 heterocycles. The Morgan fingerprint density at radius 1 is 1.60 bits per heavy atom. The molecule has 15 heavy (non-hydrogen) atoms. The number of nitrogens with zero attached hydrogens (tertiary/aromatic N) is 3. The van der Waals surface area contributed by atoms with Crippen molar-refractivity contribution in [1.29, 1.82) is 0 Å². The van der Waals surface area contributed by atoms with E-state index in [9.17, 15) is 4.79 Å². The average Bonchev–Trinajstić information content (AvgIpc) is 2.57. The molecule has 2 aromatic rings. The quantitative estimate of drug-likeness (QED) is 0.682. The van der Waals surface area contributed by atoms with Crippen molar-refractivity contribution in [2.24, 2.45) is 0 Å². The highest BCUT2D eigenvalue weighted by Gasteiger charge is 2.23. The SMILES string of the molecule is C[C@H]1Cn2ccc3[nH]c(=O)nc(c32)N1C. The zero-order valence-electron chi connectivity index (χ0n) is 8.69. The summed E-state index contributed by atoms with van der Waals surface area (Å²) in [7, 11) is 1.97. The predicted molar refractivity (Wildman–Crippen MR) is 58.2 cm³/mol. The Morgan fingerprint density at radius 3 is 3.20 bits per heavy atom. The first-order valence-electron chi connectivity index (χ1n) is 4.99. The topological polar surface area (TPSA) is 53.9 Å². The summed E-state index contributed by atoms with van der Waals surface area (Å²) in [6.45, 7) is 3.05. The Kier molecular flexibility index (Phi) is 1.49. The van der Waals surface area contributed by atoms with Crippen molar-refractivity contribution in [1.82, 2.24) is 14.5 Å². The number of rotatable bonds is 0. The molecule has 0 spiro atoms. The minimum atomic E-state index is -0.281. The maximum absolute atomic E-state index is 11.3. The van der Waals surface area contributed by atoms with Gasteiger partial charge in [0.05, 0.1) is 5.52 Å². The van der Waals surface area contributed by atoms with Crippen LogP contribution in [0, 0.1) is 0 Å². The van der Waals surface area contributed by atoms with Gasteiger partial charge in [0.1, 0.15) is 5.52 Å². The molecule has 5 heteroatoms. The van der Waals surface area contributed by atoms with Gasteiger partial charge in [0.2, 0.25) is 0 Å². The third-order valence-corrected chi connectivity index (χ3v) is 3.08. The lowest BCUT2D eigenvalue weighted by Crippen LogP contribution is -2.38. The van der Waals surface area contributed by atoms with E-state index in [0.717, 1.165) is 23.4 Å². The Morgan fingerprint density at radius 2 is 2.40 bits per heavy atom. The molecule has 1 aliphatic rings. The van der Waals surface area contributed by atoms with Crippen LogP contribution in [0.15, 0.2) is 17.1 Å². The first-order chi connectivity index (χ1) is 7.16. The zero-order chi connectivity index (χ0) is 10.6. The highest BCUT2D eigenvalue weighted by Crippen LogP contribution is 2.28. The van der Waals surface area contributed by atoms with Gasteiger partial charge in [0, 0.05) is 25.8 Å². The molecule has 3 rings (SSSR count). The molecule has 2 aromatic heterocycles. The van der Waals surface area contributed by atoms with E-state index < -0.39 is 0 Å². The van der Waals surface area contributed by atoms with Gasteiger partial charge < -0.3 is 14.5 Å². The number of hydrogen-bond donors (Lipinski definition) is 1. The molecular formula is C10H12N4O. The number of hydrogen-bond acceptors (Lipinski definition) is 3. The van der Waals surface area contributed by atoms with Crippen molar-refractivity contribution in [2.45, 2.75) is 19.5 Å². The van der Waals surface area contributed by atoms with Crippen LogP contribution in [0.3, 0.4) is 0 Å². The van der Waals surface area contributed by atoms with E-state index in [1.165, 1.54) is 0 Å². The molecule has 0 fully saturated rings. The third-order valence-electron chi connectivity index (χ3n) is 3.08. The van der Waals surface area contributed by atoms with Crippen molar-refractivity contribution in [3.8, 4) is 0 Å². The largest absolute Gasteiger partial charge is 0.353 e. The van der Waals surface area contributed by atoms with Gasteiger partial charge in [-0.15, -0.1) is 0 Å². The second-order valence-corrected chi connectivity index (χ2v) is 4.06. The van der Waals surface area contributed by atoms with Crippen molar-refractivity contribution in [3.05, 3.63) is 22.7 Å². The predicted octanol–water partition coefficient (Wildman–Crippen LogP) is 0.563. The Bertz CT molecular complexity index is 583. The van der Waals surface area contributed by atoms with Gasteiger partial charge in [0.15, 0.2) is 5.82 Å². The van der Waals surface area contributed by atoms with Gasteiger partial charge in [-0.25, -0.2) is 4.79 Å². The van der Waals surface area contributed by atoms with Crippen LogP contribution in [0.5, 0.6) is 0 Å². The second kappa shape index (κ2) is 2.62. The smallest absolute Gasteiger partial charge is 0.347 e. The molecule has 5 nitrogen and oxygen atoms in total. The van der Waals surface area contributed by atoms with Gasteiger partial charge >= 0.3 is 5.69 Å². The first kappa shape index (κ1) is 8.52. The highest BCUT2D eigenvalue weighted by molar-refractivity contribution is 5.87. The van der Waals surface area contributed by atoms with E-state index in [-0.39, 0.29) is 5.69 Å². The summed E-state index contributed by atoms with van der Waals surface area (Å²) in [4.78, 5) is 20.2. The molecule has 78 valence electrons.